The molecule has 4 N–H and O–H groups in total. The van der Waals surface area contributed by atoms with Gasteiger partial charge in [-0.3, -0.25) is 0 Å². The van der Waals surface area contributed by atoms with Crippen LogP contribution in [0.25, 0.3) is 0 Å². The molecular weight excluding hydrogens is 168 g/mol. The van der Waals surface area contributed by atoms with E-state index in [0.29, 0.717) is 13.1 Å². The minimum Gasteiger partial charge on any atom is -0.381 e. The highest BCUT2D eigenvalue weighted by Crippen LogP contribution is 2.27. The molecule has 0 fully saturated rings. The highest BCUT2D eigenvalue weighted by molar-refractivity contribution is 4.92. The van der Waals surface area contributed by atoms with E-state index < -0.39 is 0 Å². The molecule has 0 radical (unpaired) electrons. The van der Waals surface area contributed by atoms with Crippen molar-refractivity contribution in [2.45, 2.75) is 26.1 Å². The predicted molar refractivity (Wildman–Crippen MR) is 53.5 cm³/mol. The number of methoxy groups -OCH3 is 2. The molecule has 13 heavy (non-hydrogen) atoms. The lowest BCUT2D eigenvalue weighted by molar-refractivity contribution is -0.0780. The Kier molecular flexibility index (Phi) is 5.48. The average molecular weight is 190 g/mol. The Bertz CT molecular complexity index is 126. The first-order valence-corrected chi connectivity index (χ1v) is 4.54. The van der Waals surface area contributed by atoms with Gasteiger partial charge in [0.2, 0.25) is 0 Å². The highest BCUT2D eigenvalue weighted by Gasteiger charge is 2.39. The van der Waals surface area contributed by atoms with Gasteiger partial charge < -0.3 is 20.9 Å². The maximum absolute atomic E-state index is 5.73. The maximum Gasteiger partial charge on any atom is 0.0648 e. The van der Waals surface area contributed by atoms with Crippen LogP contribution in [0.3, 0.4) is 0 Å². The van der Waals surface area contributed by atoms with Crippen LogP contribution in [0.4, 0.5) is 0 Å². The molecule has 0 spiro atoms. The molecule has 0 amide bonds. The number of rotatable bonds is 6. The first-order valence-electron chi connectivity index (χ1n) is 4.54. The van der Waals surface area contributed by atoms with E-state index in [0.717, 1.165) is 0 Å². The monoisotopic (exact) mass is 190 g/mol. The van der Waals surface area contributed by atoms with Gasteiger partial charge in [-0.2, -0.15) is 0 Å². The first kappa shape index (κ1) is 12.8. The first-order chi connectivity index (χ1) is 6.08. The SMILES string of the molecule is COC(C)C(CN)(CN)C(C)OC. The lowest BCUT2D eigenvalue weighted by Crippen LogP contribution is -2.54. The summed E-state index contributed by atoms with van der Waals surface area (Å²) in [6.45, 7) is 4.87. The topological polar surface area (TPSA) is 70.5 Å². The molecule has 0 heterocycles. The summed E-state index contributed by atoms with van der Waals surface area (Å²) < 4.78 is 10.6. The molecule has 2 unspecified atom stereocenters. The van der Waals surface area contributed by atoms with Gasteiger partial charge in [0.05, 0.1) is 12.2 Å². The summed E-state index contributed by atoms with van der Waals surface area (Å²) in [6, 6.07) is 0. The zero-order valence-corrected chi connectivity index (χ0v) is 9.04. The average Bonchev–Trinajstić information content (AvgIpc) is 2.19. The summed E-state index contributed by atoms with van der Waals surface area (Å²) in [5.41, 5.74) is 11.2. The molecule has 80 valence electrons. The van der Waals surface area contributed by atoms with Gasteiger partial charge in [-0.15, -0.1) is 0 Å². The molecule has 0 aliphatic carbocycles. The Morgan fingerprint density at radius 2 is 1.31 bits per heavy atom. The second-order valence-corrected chi connectivity index (χ2v) is 3.40. The van der Waals surface area contributed by atoms with Gasteiger partial charge >= 0.3 is 0 Å². The summed E-state index contributed by atoms with van der Waals surface area (Å²) in [5, 5.41) is 0. The largest absolute Gasteiger partial charge is 0.381 e. The van der Waals surface area contributed by atoms with Crippen molar-refractivity contribution in [2.24, 2.45) is 16.9 Å². The highest BCUT2D eigenvalue weighted by atomic mass is 16.5. The van der Waals surface area contributed by atoms with Crippen LogP contribution < -0.4 is 11.5 Å². The second kappa shape index (κ2) is 5.54. The third-order valence-electron chi connectivity index (χ3n) is 3.09. The van der Waals surface area contributed by atoms with Crippen LogP contribution >= 0.6 is 0 Å². The van der Waals surface area contributed by atoms with Gasteiger partial charge in [0.1, 0.15) is 0 Å². The van der Waals surface area contributed by atoms with Crippen molar-refractivity contribution in [1.29, 1.82) is 0 Å². The Morgan fingerprint density at radius 1 is 1.00 bits per heavy atom. The second-order valence-electron chi connectivity index (χ2n) is 3.40. The van der Waals surface area contributed by atoms with Crippen LogP contribution in [0.1, 0.15) is 13.8 Å². The van der Waals surface area contributed by atoms with Gasteiger partial charge in [-0.05, 0) is 13.8 Å². The lowest BCUT2D eigenvalue weighted by Gasteiger charge is -2.40. The fourth-order valence-corrected chi connectivity index (χ4v) is 1.55. The Hall–Kier alpha value is -0.160. The van der Waals surface area contributed by atoms with E-state index in [9.17, 15) is 0 Å². The summed E-state index contributed by atoms with van der Waals surface area (Å²) in [4.78, 5) is 0. The van der Waals surface area contributed by atoms with E-state index in [4.69, 9.17) is 20.9 Å². The Labute approximate surface area is 80.6 Å². The lowest BCUT2D eigenvalue weighted by atomic mass is 9.78. The summed E-state index contributed by atoms with van der Waals surface area (Å²) in [5.74, 6) is 0. The molecule has 4 heteroatoms. The van der Waals surface area contributed by atoms with Crippen LogP contribution in [-0.2, 0) is 9.47 Å². The molecule has 0 rings (SSSR count). The minimum atomic E-state index is -0.288. The van der Waals surface area contributed by atoms with Crippen LogP contribution in [0.2, 0.25) is 0 Å². The van der Waals surface area contributed by atoms with E-state index in [-0.39, 0.29) is 17.6 Å². The number of nitrogens with two attached hydrogens (primary N) is 2. The van der Waals surface area contributed by atoms with Crippen LogP contribution in [0.15, 0.2) is 0 Å². The fraction of sp³-hybridized carbons (Fsp3) is 1.00. The molecular formula is C9H22N2O2. The molecule has 0 aromatic rings. The summed E-state index contributed by atoms with van der Waals surface area (Å²) in [7, 11) is 3.32. The molecule has 4 nitrogen and oxygen atoms in total. The zero-order valence-electron chi connectivity index (χ0n) is 9.04. The van der Waals surface area contributed by atoms with Crippen molar-refractivity contribution in [3.63, 3.8) is 0 Å². The third kappa shape index (κ3) is 2.40. The van der Waals surface area contributed by atoms with E-state index in [1.807, 2.05) is 13.8 Å². The molecule has 0 saturated heterocycles. The quantitative estimate of drug-likeness (QED) is 0.616. The number of ether oxygens (including phenoxy) is 2. The summed E-state index contributed by atoms with van der Waals surface area (Å²) >= 11 is 0. The molecule has 0 saturated carbocycles. The van der Waals surface area contributed by atoms with Crippen molar-refractivity contribution in [1.82, 2.24) is 0 Å². The van der Waals surface area contributed by atoms with Gasteiger partial charge in [-0.1, -0.05) is 0 Å². The van der Waals surface area contributed by atoms with Crippen molar-refractivity contribution in [3.8, 4) is 0 Å². The third-order valence-corrected chi connectivity index (χ3v) is 3.09. The van der Waals surface area contributed by atoms with Crippen molar-refractivity contribution < 1.29 is 9.47 Å². The zero-order chi connectivity index (χ0) is 10.5. The number of hydrogen-bond donors (Lipinski definition) is 2. The Balaban J connectivity index is 4.67. The smallest absolute Gasteiger partial charge is 0.0648 e. The van der Waals surface area contributed by atoms with Crippen LogP contribution in [-0.4, -0.2) is 39.5 Å². The molecule has 0 aromatic heterocycles. The standard InChI is InChI=1S/C9H22N2O2/c1-7(12-3)9(5-10,6-11)8(2)13-4/h7-8H,5-6,10-11H2,1-4H3. The van der Waals surface area contributed by atoms with E-state index >= 15 is 0 Å². The van der Waals surface area contributed by atoms with E-state index in [1.165, 1.54) is 0 Å². The van der Waals surface area contributed by atoms with Gasteiger partial charge in [0.25, 0.3) is 0 Å². The predicted octanol–water partition coefficient (Wildman–Crippen LogP) is -0.0400. The van der Waals surface area contributed by atoms with Gasteiger partial charge in [-0.25, -0.2) is 0 Å². The normalized spacial score (nSPS) is 17.1. The van der Waals surface area contributed by atoms with E-state index in [2.05, 4.69) is 0 Å². The van der Waals surface area contributed by atoms with Crippen molar-refractivity contribution >= 4 is 0 Å². The van der Waals surface area contributed by atoms with Gasteiger partial charge in [0.15, 0.2) is 0 Å². The van der Waals surface area contributed by atoms with E-state index in [1.54, 1.807) is 14.2 Å². The van der Waals surface area contributed by atoms with Crippen molar-refractivity contribution in [3.05, 3.63) is 0 Å². The molecule has 2 atom stereocenters. The summed E-state index contributed by atoms with van der Waals surface area (Å²) in [6.07, 6.45) is -0.00472. The van der Waals surface area contributed by atoms with Crippen LogP contribution in [0.5, 0.6) is 0 Å². The number of hydrogen-bond acceptors (Lipinski definition) is 4. The molecule has 0 aliphatic heterocycles. The van der Waals surface area contributed by atoms with Crippen LogP contribution in [0, 0.1) is 5.41 Å². The molecule has 0 aromatic carbocycles. The maximum atomic E-state index is 5.73. The fourth-order valence-electron chi connectivity index (χ4n) is 1.55. The minimum absolute atomic E-state index is 0.00236. The molecule has 0 bridgehead atoms. The molecule has 0 aliphatic rings. The van der Waals surface area contributed by atoms with Crippen molar-refractivity contribution in [2.75, 3.05) is 27.3 Å². The van der Waals surface area contributed by atoms with Gasteiger partial charge in [0, 0.05) is 32.7 Å². The Morgan fingerprint density at radius 3 is 1.46 bits per heavy atom.